The van der Waals surface area contributed by atoms with Gasteiger partial charge in [-0.3, -0.25) is 14.9 Å². The molecule has 1 atom stereocenters. The van der Waals surface area contributed by atoms with Crippen LogP contribution in [0, 0.1) is 5.92 Å². The first-order valence-electron chi connectivity index (χ1n) is 11.0. The van der Waals surface area contributed by atoms with E-state index in [-0.39, 0.29) is 24.3 Å². The van der Waals surface area contributed by atoms with Gasteiger partial charge in [0.05, 0.1) is 16.7 Å². The lowest BCUT2D eigenvalue weighted by Crippen LogP contribution is -2.23. The first-order valence-corrected chi connectivity index (χ1v) is 11.0. The smallest absolute Gasteiger partial charge is 0.259 e. The molecular weight excluding hydrogens is 400 g/mol. The van der Waals surface area contributed by atoms with E-state index in [1.807, 2.05) is 66.9 Å². The molecule has 2 aromatic heterocycles. The zero-order valence-electron chi connectivity index (χ0n) is 17.5. The molecule has 0 saturated heterocycles. The highest BCUT2D eigenvalue weighted by atomic mass is 16.3. The van der Waals surface area contributed by atoms with E-state index in [0.717, 1.165) is 51.5 Å². The summed E-state index contributed by atoms with van der Waals surface area (Å²) in [7, 11) is 0. The Balaban J connectivity index is 1.66. The van der Waals surface area contributed by atoms with Gasteiger partial charge in [-0.1, -0.05) is 42.5 Å². The zero-order valence-corrected chi connectivity index (χ0v) is 17.5. The number of carbonyl (C=O) groups excluding carboxylic acids is 2. The first-order chi connectivity index (χ1) is 15.7. The Kier molecular flexibility index (Phi) is 4.26. The predicted molar refractivity (Wildman–Crippen MR) is 124 cm³/mol. The third-order valence-corrected chi connectivity index (χ3v) is 6.82. The fraction of sp³-hybridized carbons (Fsp3) is 0.185. The Morgan fingerprint density at radius 3 is 2.56 bits per heavy atom. The zero-order chi connectivity index (χ0) is 21.8. The van der Waals surface area contributed by atoms with Crippen molar-refractivity contribution < 1.29 is 14.7 Å². The molecule has 2 aliphatic rings. The molecule has 5 heteroatoms. The van der Waals surface area contributed by atoms with Crippen molar-refractivity contribution in [3.63, 3.8) is 0 Å². The minimum atomic E-state index is -0.362. The quantitative estimate of drug-likeness (QED) is 0.494. The van der Waals surface area contributed by atoms with E-state index in [1.165, 1.54) is 0 Å². The van der Waals surface area contributed by atoms with Crippen molar-refractivity contribution in [3.05, 3.63) is 89.2 Å². The van der Waals surface area contributed by atoms with E-state index in [0.29, 0.717) is 17.6 Å². The minimum Gasteiger partial charge on any atom is -0.396 e. The second kappa shape index (κ2) is 7.18. The van der Waals surface area contributed by atoms with Crippen LogP contribution in [0.4, 0.5) is 0 Å². The van der Waals surface area contributed by atoms with Gasteiger partial charge in [0.15, 0.2) is 0 Å². The number of nitrogens with one attached hydrogen (secondary N) is 1. The van der Waals surface area contributed by atoms with Crippen LogP contribution in [0.5, 0.6) is 0 Å². The number of benzene rings is 2. The Morgan fingerprint density at radius 2 is 1.72 bits per heavy atom. The third-order valence-electron chi connectivity index (χ3n) is 6.82. The maximum atomic E-state index is 13.2. The van der Waals surface area contributed by atoms with E-state index in [9.17, 15) is 14.7 Å². The summed E-state index contributed by atoms with van der Waals surface area (Å²) in [5.41, 5.74) is 5.58. The first kappa shape index (κ1) is 19.0. The van der Waals surface area contributed by atoms with Crippen LogP contribution in [0.3, 0.4) is 0 Å². The van der Waals surface area contributed by atoms with Crippen LogP contribution < -0.4 is 5.32 Å². The number of pyridine rings is 1. The number of amides is 2. The molecule has 3 heterocycles. The molecule has 2 N–H and O–H groups in total. The number of aliphatic hydroxyl groups excluding tert-OH is 1. The van der Waals surface area contributed by atoms with Crippen LogP contribution >= 0.6 is 0 Å². The molecule has 0 radical (unpaired) electrons. The SMILES string of the molecule is O=C1NC(=O)C(c2c3c(n4ccccc24)CCC(CO)C3)=C1c1ccc2ccccc2c1. The number of hydrogen-bond donors (Lipinski definition) is 2. The van der Waals surface area contributed by atoms with Crippen molar-refractivity contribution in [2.24, 2.45) is 5.92 Å². The molecule has 5 nitrogen and oxygen atoms in total. The van der Waals surface area contributed by atoms with Crippen LogP contribution in [0.1, 0.15) is 28.8 Å². The van der Waals surface area contributed by atoms with E-state index >= 15 is 0 Å². The molecule has 0 saturated carbocycles. The van der Waals surface area contributed by atoms with Crippen LogP contribution in [-0.2, 0) is 22.4 Å². The van der Waals surface area contributed by atoms with Gasteiger partial charge in [-0.15, -0.1) is 0 Å². The molecule has 1 aliphatic heterocycles. The van der Waals surface area contributed by atoms with Crippen molar-refractivity contribution in [3.8, 4) is 0 Å². The number of nitrogens with zero attached hydrogens (tertiary/aromatic N) is 1. The number of aliphatic hydroxyl groups is 1. The highest BCUT2D eigenvalue weighted by molar-refractivity contribution is 6.50. The molecule has 4 aromatic rings. The van der Waals surface area contributed by atoms with Gasteiger partial charge in [-0.2, -0.15) is 0 Å². The van der Waals surface area contributed by atoms with Crippen molar-refractivity contribution in [2.45, 2.75) is 19.3 Å². The summed E-state index contributed by atoms with van der Waals surface area (Å²) in [6.07, 6.45) is 4.45. The van der Waals surface area contributed by atoms with Crippen LogP contribution in [0.2, 0.25) is 0 Å². The Bertz CT molecular complexity index is 1460. The van der Waals surface area contributed by atoms with E-state index in [1.54, 1.807) is 0 Å². The molecule has 0 bridgehead atoms. The maximum absolute atomic E-state index is 13.2. The average Bonchev–Trinajstić information content (AvgIpc) is 3.30. The van der Waals surface area contributed by atoms with E-state index in [2.05, 4.69) is 9.72 Å². The van der Waals surface area contributed by atoms with Gasteiger partial charge >= 0.3 is 0 Å². The number of carbonyl (C=O) groups is 2. The summed E-state index contributed by atoms with van der Waals surface area (Å²) < 4.78 is 2.14. The summed E-state index contributed by atoms with van der Waals surface area (Å²) in [6, 6.07) is 19.8. The maximum Gasteiger partial charge on any atom is 0.259 e. The lowest BCUT2D eigenvalue weighted by atomic mass is 9.83. The summed E-state index contributed by atoms with van der Waals surface area (Å²) in [5.74, 6) is -0.564. The number of aryl methyl sites for hydroxylation is 1. The van der Waals surface area contributed by atoms with Crippen molar-refractivity contribution >= 4 is 39.2 Å². The molecule has 32 heavy (non-hydrogen) atoms. The number of aromatic nitrogens is 1. The largest absolute Gasteiger partial charge is 0.396 e. The molecule has 6 rings (SSSR count). The van der Waals surface area contributed by atoms with Gasteiger partial charge < -0.3 is 9.51 Å². The van der Waals surface area contributed by atoms with E-state index < -0.39 is 0 Å². The second-order valence-electron chi connectivity index (χ2n) is 8.64. The van der Waals surface area contributed by atoms with Gasteiger partial charge in [0.1, 0.15) is 0 Å². The number of fused-ring (bicyclic) bond motifs is 4. The summed E-state index contributed by atoms with van der Waals surface area (Å²) in [5, 5.41) is 14.5. The van der Waals surface area contributed by atoms with Crippen LogP contribution in [0.25, 0.3) is 27.4 Å². The van der Waals surface area contributed by atoms with Gasteiger partial charge in [0.2, 0.25) is 0 Å². The molecule has 1 unspecified atom stereocenters. The molecule has 2 aromatic carbocycles. The van der Waals surface area contributed by atoms with Crippen LogP contribution in [0.15, 0.2) is 66.9 Å². The van der Waals surface area contributed by atoms with Crippen molar-refractivity contribution in [2.75, 3.05) is 6.61 Å². The number of imide groups is 1. The van der Waals surface area contributed by atoms with Crippen LogP contribution in [-0.4, -0.2) is 27.9 Å². The molecule has 1 aliphatic carbocycles. The van der Waals surface area contributed by atoms with Crippen molar-refractivity contribution in [1.82, 2.24) is 9.72 Å². The monoisotopic (exact) mass is 422 g/mol. The second-order valence-corrected chi connectivity index (χ2v) is 8.64. The number of hydrogen-bond acceptors (Lipinski definition) is 3. The van der Waals surface area contributed by atoms with Gasteiger partial charge in [-0.05, 0) is 65.3 Å². The Labute approximate surface area is 185 Å². The molecule has 0 spiro atoms. The van der Waals surface area contributed by atoms with Crippen molar-refractivity contribution in [1.29, 1.82) is 0 Å². The summed E-state index contributed by atoms with van der Waals surface area (Å²) in [6.45, 7) is 0.118. The predicted octanol–water partition coefficient (Wildman–Crippen LogP) is 3.76. The molecule has 158 valence electrons. The van der Waals surface area contributed by atoms with Gasteiger partial charge in [-0.25, -0.2) is 0 Å². The van der Waals surface area contributed by atoms with Gasteiger partial charge in [0.25, 0.3) is 11.8 Å². The summed E-state index contributed by atoms with van der Waals surface area (Å²) in [4.78, 5) is 26.2. The lowest BCUT2D eigenvalue weighted by Gasteiger charge is -2.21. The standard InChI is InChI=1S/C27H22N2O3/c30-15-16-8-11-21-20(13-16)24(22-7-3-4-12-29(21)22)25-23(26(31)28-27(25)32)19-10-9-17-5-1-2-6-18(17)14-19/h1-7,9-10,12,14,16,30H,8,11,13,15H2,(H,28,31,32). The lowest BCUT2D eigenvalue weighted by molar-refractivity contribution is -0.122. The van der Waals surface area contributed by atoms with E-state index in [4.69, 9.17) is 0 Å². The molecule has 0 fully saturated rings. The minimum absolute atomic E-state index is 0.118. The molecular formula is C27H22N2O3. The fourth-order valence-corrected chi connectivity index (χ4v) is 5.30. The Hall–Kier alpha value is -3.70. The highest BCUT2D eigenvalue weighted by Crippen LogP contribution is 2.41. The number of rotatable bonds is 3. The topological polar surface area (TPSA) is 70.8 Å². The highest BCUT2D eigenvalue weighted by Gasteiger charge is 2.37. The third kappa shape index (κ3) is 2.75. The summed E-state index contributed by atoms with van der Waals surface area (Å²) >= 11 is 0. The normalized spacial score (nSPS) is 18.5. The molecule has 2 amide bonds. The fourth-order valence-electron chi connectivity index (χ4n) is 5.30. The average molecular weight is 422 g/mol. The Morgan fingerprint density at radius 1 is 0.938 bits per heavy atom. The van der Waals surface area contributed by atoms with Gasteiger partial charge in [0, 0.05) is 24.1 Å².